The number of rotatable bonds is 2. The van der Waals surface area contributed by atoms with Crippen LogP contribution in [0.15, 0.2) is 46.5 Å². The SMILES string of the molecule is Cl/N=N/c1ccn(-c2cccnc2)n1. The van der Waals surface area contributed by atoms with Crippen molar-refractivity contribution in [3.05, 3.63) is 36.8 Å². The summed E-state index contributed by atoms with van der Waals surface area (Å²) in [6, 6.07) is 5.43. The van der Waals surface area contributed by atoms with Gasteiger partial charge in [-0.05, 0) is 12.1 Å². The molecule has 0 bridgehead atoms. The molecule has 0 spiro atoms. The van der Waals surface area contributed by atoms with Gasteiger partial charge in [0.15, 0.2) is 5.82 Å². The van der Waals surface area contributed by atoms with Crippen LogP contribution in [0.2, 0.25) is 0 Å². The van der Waals surface area contributed by atoms with E-state index < -0.39 is 0 Å². The summed E-state index contributed by atoms with van der Waals surface area (Å²) in [5, 5.41) is 7.69. The lowest BCUT2D eigenvalue weighted by Crippen LogP contribution is -1.93. The van der Waals surface area contributed by atoms with Crippen LogP contribution in [0.1, 0.15) is 0 Å². The highest BCUT2D eigenvalue weighted by molar-refractivity contribution is 6.14. The highest BCUT2D eigenvalue weighted by Crippen LogP contribution is 2.11. The molecule has 14 heavy (non-hydrogen) atoms. The van der Waals surface area contributed by atoms with Gasteiger partial charge < -0.3 is 0 Å². The van der Waals surface area contributed by atoms with Crippen molar-refractivity contribution in [2.24, 2.45) is 9.75 Å². The van der Waals surface area contributed by atoms with Crippen molar-refractivity contribution in [2.45, 2.75) is 0 Å². The van der Waals surface area contributed by atoms with Crippen LogP contribution in [0.25, 0.3) is 5.69 Å². The van der Waals surface area contributed by atoms with E-state index in [1.165, 1.54) is 0 Å². The Labute approximate surface area is 85.2 Å². The first-order valence-corrected chi connectivity index (χ1v) is 4.22. The number of halogens is 1. The predicted molar refractivity (Wildman–Crippen MR) is 51.7 cm³/mol. The standard InChI is InChI=1S/C8H6ClN5/c9-13-11-8-3-5-14(12-8)7-2-1-4-10-6-7/h1-6H/b13-11+. The summed E-state index contributed by atoms with van der Waals surface area (Å²) in [5.74, 6) is 0.462. The first-order chi connectivity index (χ1) is 6.90. The highest BCUT2D eigenvalue weighted by Gasteiger charge is 1.98. The molecular weight excluding hydrogens is 202 g/mol. The van der Waals surface area contributed by atoms with E-state index >= 15 is 0 Å². The van der Waals surface area contributed by atoms with Crippen molar-refractivity contribution >= 4 is 17.6 Å². The number of nitrogens with zero attached hydrogens (tertiary/aromatic N) is 5. The van der Waals surface area contributed by atoms with Gasteiger partial charge >= 0.3 is 0 Å². The maximum atomic E-state index is 5.09. The quantitative estimate of drug-likeness (QED) is 0.711. The molecule has 70 valence electrons. The topological polar surface area (TPSA) is 55.4 Å². The van der Waals surface area contributed by atoms with Gasteiger partial charge in [0.25, 0.3) is 0 Å². The third-order valence-electron chi connectivity index (χ3n) is 1.63. The Hall–Kier alpha value is -1.75. The van der Waals surface area contributed by atoms with Crippen molar-refractivity contribution in [2.75, 3.05) is 0 Å². The second-order valence-electron chi connectivity index (χ2n) is 2.51. The first-order valence-electron chi connectivity index (χ1n) is 3.88. The Kier molecular flexibility index (Phi) is 2.51. The highest BCUT2D eigenvalue weighted by atomic mass is 35.5. The fourth-order valence-corrected chi connectivity index (χ4v) is 1.12. The Balaban J connectivity index is 2.34. The summed E-state index contributed by atoms with van der Waals surface area (Å²) < 4.78 is 4.77. The maximum Gasteiger partial charge on any atom is 0.197 e. The summed E-state index contributed by atoms with van der Waals surface area (Å²) in [6.45, 7) is 0. The molecule has 5 nitrogen and oxygen atoms in total. The molecule has 0 aromatic carbocycles. The number of hydrogen-bond acceptors (Lipinski definition) is 4. The zero-order valence-electron chi connectivity index (χ0n) is 7.08. The molecule has 0 fully saturated rings. The van der Waals surface area contributed by atoms with E-state index in [0.717, 1.165) is 5.69 Å². The molecule has 2 heterocycles. The zero-order valence-corrected chi connectivity index (χ0v) is 7.83. The van der Waals surface area contributed by atoms with Gasteiger partial charge in [-0.2, -0.15) is 0 Å². The third kappa shape index (κ3) is 1.77. The molecule has 2 aromatic rings. The zero-order chi connectivity index (χ0) is 9.80. The molecule has 6 heteroatoms. The molecule has 0 radical (unpaired) electrons. The number of hydrogen-bond donors (Lipinski definition) is 0. The van der Waals surface area contributed by atoms with Crippen LogP contribution >= 0.6 is 11.8 Å². The van der Waals surface area contributed by atoms with Crippen LogP contribution in [-0.4, -0.2) is 14.8 Å². The van der Waals surface area contributed by atoms with Crippen molar-refractivity contribution in [3.8, 4) is 5.69 Å². The molecule has 0 unspecified atom stereocenters. The third-order valence-corrected chi connectivity index (χ3v) is 1.70. The molecule has 0 saturated heterocycles. The lowest BCUT2D eigenvalue weighted by Gasteiger charge is -1.97. The lowest BCUT2D eigenvalue weighted by atomic mass is 10.4. The Morgan fingerprint density at radius 1 is 1.36 bits per heavy atom. The van der Waals surface area contributed by atoms with Crippen molar-refractivity contribution in [3.63, 3.8) is 0 Å². The van der Waals surface area contributed by atoms with E-state index in [4.69, 9.17) is 11.8 Å². The van der Waals surface area contributed by atoms with Gasteiger partial charge in [0.2, 0.25) is 0 Å². The predicted octanol–water partition coefficient (Wildman–Crippen LogP) is 2.50. The van der Waals surface area contributed by atoms with Crippen molar-refractivity contribution in [1.82, 2.24) is 14.8 Å². The molecule has 0 N–H and O–H groups in total. The van der Waals surface area contributed by atoms with E-state index in [-0.39, 0.29) is 0 Å². The smallest absolute Gasteiger partial charge is 0.197 e. The second kappa shape index (κ2) is 3.97. The second-order valence-corrected chi connectivity index (χ2v) is 2.66. The largest absolute Gasteiger partial charge is 0.262 e. The fraction of sp³-hybridized carbons (Fsp3) is 0. The molecule has 2 aromatic heterocycles. The first kappa shape index (κ1) is 8.83. The van der Waals surface area contributed by atoms with E-state index in [2.05, 4.69) is 19.8 Å². The molecule has 0 saturated carbocycles. The summed E-state index contributed by atoms with van der Waals surface area (Å²) in [4.78, 5) is 3.98. The van der Waals surface area contributed by atoms with Gasteiger partial charge in [-0.3, -0.25) is 4.98 Å². The van der Waals surface area contributed by atoms with E-state index in [1.54, 1.807) is 29.3 Å². The number of aromatic nitrogens is 3. The Morgan fingerprint density at radius 2 is 2.29 bits per heavy atom. The Bertz CT molecular complexity index is 436. The average molecular weight is 208 g/mol. The van der Waals surface area contributed by atoms with Crippen LogP contribution < -0.4 is 0 Å². The molecule has 0 aliphatic heterocycles. The van der Waals surface area contributed by atoms with Crippen LogP contribution in [-0.2, 0) is 0 Å². The molecular formula is C8H6ClN5. The van der Waals surface area contributed by atoms with Crippen molar-refractivity contribution in [1.29, 1.82) is 0 Å². The molecule has 0 atom stereocenters. The van der Waals surface area contributed by atoms with Crippen LogP contribution in [0, 0.1) is 0 Å². The minimum Gasteiger partial charge on any atom is -0.262 e. The van der Waals surface area contributed by atoms with Gasteiger partial charge in [-0.1, -0.05) is 4.63 Å². The average Bonchev–Trinajstić information content (AvgIpc) is 2.68. The summed E-state index contributed by atoms with van der Waals surface area (Å²) >= 11 is 5.09. The fourth-order valence-electron chi connectivity index (χ4n) is 1.04. The normalized spacial score (nSPS) is 10.9. The summed E-state index contributed by atoms with van der Waals surface area (Å²) in [5.41, 5.74) is 0.864. The van der Waals surface area contributed by atoms with E-state index in [9.17, 15) is 0 Å². The lowest BCUT2D eigenvalue weighted by molar-refractivity contribution is 0.870. The number of pyridine rings is 1. The Morgan fingerprint density at radius 3 is 3.00 bits per heavy atom. The molecule has 0 amide bonds. The van der Waals surface area contributed by atoms with Crippen LogP contribution in [0.4, 0.5) is 5.82 Å². The van der Waals surface area contributed by atoms with Gasteiger partial charge in [-0.25, -0.2) is 4.68 Å². The van der Waals surface area contributed by atoms with Crippen molar-refractivity contribution < 1.29 is 0 Å². The van der Waals surface area contributed by atoms with Crippen LogP contribution in [0.3, 0.4) is 0 Å². The van der Waals surface area contributed by atoms with Gasteiger partial charge in [0.1, 0.15) is 0 Å². The minimum atomic E-state index is 0.462. The van der Waals surface area contributed by atoms with Gasteiger partial charge in [0.05, 0.1) is 23.7 Å². The molecule has 0 aliphatic carbocycles. The molecule has 2 rings (SSSR count). The summed E-state index contributed by atoms with van der Waals surface area (Å²) in [6.07, 6.45) is 5.17. The monoisotopic (exact) mass is 207 g/mol. The molecule has 0 aliphatic rings. The van der Waals surface area contributed by atoms with Gasteiger partial charge in [0, 0.05) is 18.5 Å². The van der Waals surface area contributed by atoms with Gasteiger partial charge in [-0.15, -0.1) is 10.2 Å². The van der Waals surface area contributed by atoms with E-state index in [1.807, 2.05) is 12.1 Å². The van der Waals surface area contributed by atoms with E-state index in [0.29, 0.717) is 5.82 Å². The maximum absolute atomic E-state index is 5.09. The summed E-state index contributed by atoms with van der Waals surface area (Å²) in [7, 11) is 0. The van der Waals surface area contributed by atoms with Crippen LogP contribution in [0.5, 0.6) is 0 Å². The minimum absolute atomic E-state index is 0.462.